The summed E-state index contributed by atoms with van der Waals surface area (Å²) in [7, 11) is 0. The van der Waals surface area contributed by atoms with Crippen molar-refractivity contribution >= 4 is 34.3 Å². The van der Waals surface area contributed by atoms with E-state index in [2.05, 4.69) is 27.8 Å². The van der Waals surface area contributed by atoms with E-state index < -0.39 is 0 Å². The summed E-state index contributed by atoms with van der Waals surface area (Å²) in [6, 6.07) is 4.14. The Balaban J connectivity index is 2.03. The number of carbonyl (C=O) groups is 1. The molecule has 0 saturated heterocycles. The largest absolute Gasteiger partial charge is 0.326 e. The van der Waals surface area contributed by atoms with Crippen LogP contribution in [0.1, 0.15) is 24.3 Å². The molecule has 2 aromatic rings. The van der Waals surface area contributed by atoms with E-state index in [1.54, 1.807) is 0 Å². The number of H-pyrrole nitrogens is 1. The molecule has 5 heteroatoms. The highest BCUT2D eigenvalue weighted by Crippen LogP contribution is 2.37. The van der Waals surface area contributed by atoms with E-state index in [0.717, 1.165) is 28.8 Å². The van der Waals surface area contributed by atoms with Gasteiger partial charge in [-0.15, -0.1) is 0 Å². The first-order valence-corrected chi connectivity index (χ1v) is 7.43. The standard InChI is InChI=1S/C13H15N3OS/c1-18-3-2-8-5-13(17)15-12-6-11-9(4-10(8)12)7-14-16-11/h4,6-8H,2-3,5H2,1H3,(H,14,16)(H,15,17). The zero-order valence-electron chi connectivity index (χ0n) is 10.2. The summed E-state index contributed by atoms with van der Waals surface area (Å²) in [6.07, 6.45) is 5.57. The molecular weight excluding hydrogens is 246 g/mol. The number of hydrogen-bond donors (Lipinski definition) is 2. The smallest absolute Gasteiger partial charge is 0.224 e. The molecule has 1 amide bonds. The van der Waals surface area contributed by atoms with Crippen LogP contribution in [0.3, 0.4) is 0 Å². The van der Waals surface area contributed by atoms with Crippen LogP contribution in [0.5, 0.6) is 0 Å². The van der Waals surface area contributed by atoms with Crippen LogP contribution in [-0.2, 0) is 4.79 Å². The molecule has 2 heterocycles. The van der Waals surface area contributed by atoms with Gasteiger partial charge in [0.15, 0.2) is 0 Å². The van der Waals surface area contributed by atoms with Gasteiger partial charge in [0, 0.05) is 17.5 Å². The zero-order chi connectivity index (χ0) is 12.5. The first-order chi connectivity index (χ1) is 8.78. The highest BCUT2D eigenvalue weighted by Gasteiger charge is 2.25. The first-order valence-electron chi connectivity index (χ1n) is 6.03. The summed E-state index contributed by atoms with van der Waals surface area (Å²) in [6.45, 7) is 0. The quantitative estimate of drug-likeness (QED) is 0.893. The molecule has 3 rings (SSSR count). The second kappa shape index (κ2) is 4.65. The molecule has 1 aliphatic heterocycles. The maximum Gasteiger partial charge on any atom is 0.224 e. The molecule has 0 aliphatic carbocycles. The fourth-order valence-electron chi connectivity index (χ4n) is 2.51. The van der Waals surface area contributed by atoms with Crippen molar-refractivity contribution in [3.63, 3.8) is 0 Å². The number of aromatic nitrogens is 2. The number of fused-ring (bicyclic) bond motifs is 2. The average molecular weight is 261 g/mol. The van der Waals surface area contributed by atoms with E-state index in [-0.39, 0.29) is 5.91 Å². The van der Waals surface area contributed by atoms with E-state index in [0.29, 0.717) is 12.3 Å². The Morgan fingerprint density at radius 2 is 2.39 bits per heavy atom. The molecule has 1 aliphatic rings. The molecule has 1 aromatic heterocycles. The Kier molecular flexibility index (Phi) is 2.99. The molecule has 2 N–H and O–H groups in total. The lowest BCUT2D eigenvalue weighted by atomic mass is 9.88. The molecule has 4 nitrogen and oxygen atoms in total. The van der Waals surface area contributed by atoms with Crippen LogP contribution >= 0.6 is 11.8 Å². The van der Waals surface area contributed by atoms with Crippen LogP contribution in [0.25, 0.3) is 10.9 Å². The number of nitrogens with one attached hydrogen (secondary N) is 2. The molecule has 0 saturated carbocycles. The Hall–Kier alpha value is -1.49. The summed E-state index contributed by atoms with van der Waals surface area (Å²) < 4.78 is 0. The van der Waals surface area contributed by atoms with Crippen LogP contribution < -0.4 is 5.32 Å². The normalized spacial score (nSPS) is 18.7. The molecule has 1 aromatic carbocycles. The Morgan fingerprint density at radius 1 is 1.50 bits per heavy atom. The topological polar surface area (TPSA) is 57.8 Å². The zero-order valence-corrected chi connectivity index (χ0v) is 11.0. The van der Waals surface area contributed by atoms with Crippen LogP contribution in [0.4, 0.5) is 5.69 Å². The van der Waals surface area contributed by atoms with Crippen LogP contribution in [0, 0.1) is 0 Å². The van der Waals surface area contributed by atoms with Crippen LogP contribution in [0.2, 0.25) is 0 Å². The fourth-order valence-corrected chi connectivity index (χ4v) is 3.03. The minimum Gasteiger partial charge on any atom is -0.326 e. The average Bonchev–Trinajstić information content (AvgIpc) is 2.80. The van der Waals surface area contributed by atoms with E-state index in [9.17, 15) is 4.79 Å². The summed E-state index contributed by atoms with van der Waals surface area (Å²) in [5.74, 6) is 1.54. The predicted octanol–water partition coefficient (Wildman–Crippen LogP) is 2.74. The number of amides is 1. The van der Waals surface area contributed by atoms with Crippen molar-refractivity contribution < 1.29 is 4.79 Å². The maximum absolute atomic E-state index is 11.7. The van der Waals surface area contributed by atoms with E-state index >= 15 is 0 Å². The van der Waals surface area contributed by atoms with Gasteiger partial charge in [0.1, 0.15) is 0 Å². The van der Waals surface area contributed by atoms with Crippen molar-refractivity contribution in [2.24, 2.45) is 0 Å². The lowest BCUT2D eigenvalue weighted by Crippen LogP contribution is -2.23. The third-order valence-electron chi connectivity index (χ3n) is 3.43. The summed E-state index contributed by atoms with van der Waals surface area (Å²) in [5.41, 5.74) is 3.16. The first kappa shape index (κ1) is 11.6. The SMILES string of the molecule is CSCCC1CC(=O)Nc2cc3[nH]ncc3cc21. The third-order valence-corrected chi connectivity index (χ3v) is 4.07. The number of anilines is 1. The predicted molar refractivity (Wildman–Crippen MR) is 75.1 cm³/mol. The van der Waals surface area contributed by atoms with E-state index in [4.69, 9.17) is 0 Å². The van der Waals surface area contributed by atoms with Gasteiger partial charge in [-0.25, -0.2) is 0 Å². The third kappa shape index (κ3) is 1.99. The molecule has 0 bridgehead atoms. The number of rotatable bonds is 3. The minimum absolute atomic E-state index is 0.118. The summed E-state index contributed by atoms with van der Waals surface area (Å²) in [5, 5.41) is 11.0. The second-order valence-corrected chi connectivity index (χ2v) is 5.61. The highest BCUT2D eigenvalue weighted by molar-refractivity contribution is 7.98. The summed E-state index contributed by atoms with van der Waals surface area (Å²) >= 11 is 1.83. The summed E-state index contributed by atoms with van der Waals surface area (Å²) in [4.78, 5) is 11.7. The molecule has 0 radical (unpaired) electrons. The second-order valence-electron chi connectivity index (χ2n) is 4.63. The van der Waals surface area contributed by atoms with E-state index in [1.807, 2.05) is 24.0 Å². The molecule has 0 spiro atoms. The van der Waals surface area contributed by atoms with Gasteiger partial charge in [0.2, 0.25) is 5.91 Å². The Morgan fingerprint density at radius 3 is 3.22 bits per heavy atom. The van der Waals surface area contributed by atoms with Gasteiger partial charge in [-0.3, -0.25) is 9.89 Å². The number of aromatic amines is 1. The van der Waals surface area contributed by atoms with Crippen LogP contribution in [0.15, 0.2) is 18.3 Å². The van der Waals surface area contributed by atoms with Crippen molar-refractivity contribution in [3.8, 4) is 0 Å². The lowest BCUT2D eigenvalue weighted by Gasteiger charge is -2.25. The lowest BCUT2D eigenvalue weighted by molar-refractivity contribution is -0.116. The minimum atomic E-state index is 0.118. The Bertz CT molecular complexity index is 593. The van der Waals surface area contributed by atoms with Gasteiger partial charge in [0.05, 0.1) is 11.7 Å². The van der Waals surface area contributed by atoms with Gasteiger partial charge in [0.25, 0.3) is 0 Å². The van der Waals surface area contributed by atoms with E-state index in [1.165, 1.54) is 5.56 Å². The van der Waals surface area contributed by atoms with Gasteiger partial charge in [-0.05, 0) is 42.0 Å². The molecule has 18 heavy (non-hydrogen) atoms. The molecule has 1 unspecified atom stereocenters. The van der Waals surface area contributed by atoms with Gasteiger partial charge < -0.3 is 5.32 Å². The number of benzene rings is 1. The van der Waals surface area contributed by atoms with Gasteiger partial charge >= 0.3 is 0 Å². The Labute approximate surface area is 110 Å². The monoisotopic (exact) mass is 261 g/mol. The van der Waals surface area contributed by atoms with Crippen molar-refractivity contribution in [2.75, 3.05) is 17.3 Å². The van der Waals surface area contributed by atoms with Gasteiger partial charge in [-0.1, -0.05) is 0 Å². The number of thioether (sulfide) groups is 1. The van der Waals surface area contributed by atoms with Crippen molar-refractivity contribution in [3.05, 3.63) is 23.9 Å². The van der Waals surface area contributed by atoms with Crippen molar-refractivity contribution in [1.82, 2.24) is 10.2 Å². The fraction of sp³-hybridized carbons (Fsp3) is 0.385. The van der Waals surface area contributed by atoms with Crippen LogP contribution in [-0.4, -0.2) is 28.1 Å². The maximum atomic E-state index is 11.7. The molecule has 94 valence electrons. The molecule has 1 atom stereocenters. The number of hydrogen-bond acceptors (Lipinski definition) is 3. The van der Waals surface area contributed by atoms with Crippen molar-refractivity contribution in [1.29, 1.82) is 0 Å². The van der Waals surface area contributed by atoms with Gasteiger partial charge in [-0.2, -0.15) is 16.9 Å². The highest BCUT2D eigenvalue weighted by atomic mass is 32.2. The van der Waals surface area contributed by atoms with Crippen molar-refractivity contribution in [2.45, 2.75) is 18.8 Å². The number of carbonyl (C=O) groups excluding carboxylic acids is 1. The number of nitrogens with zero attached hydrogens (tertiary/aromatic N) is 1. The molecule has 0 fully saturated rings. The molecular formula is C13H15N3OS.